The summed E-state index contributed by atoms with van der Waals surface area (Å²) in [6, 6.07) is -1.32. The lowest BCUT2D eigenvalue weighted by Crippen LogP contribution is -2.57. The van der Waals surface area contributed by atoms with Crippen molar-refractivity contribution in [2.24, 2.45) is 5.41 Å². The van der Waals surface area contributed by atoms with Crippen molar-refractivity contribution in [1.82, 2.24) is 15.5 Å². The van der Waals surface area contributed by atoms with Crippen LogP contribution < -0.4 is 10.6 Å². The minimum absolute atomic E-state index is 0.128. The highest BCUT2D eigenvalue weighted by atomic mass is 127. The molecule has 1 aliphatic heterocycles. The van der Waals surface area contributed by atoms with Gasteiger partial charge in [0.05, 0.1) is 12.1 Å². The highest BCUT2D eigenvalue weighted by molar-refractivity contribution is 14.1. The number of β-amino-alcohol motifs (C(OH)–C–C–N with tert-alkyl or cyclic N) is 1. The van der Waals surface area contributed by atoms with Crippen molar-refractivity contribution in [2.45, 2.75) is 49.6 Å². The Morgan fingerprint density at radius 3 is 2.38 bits per heavy atom. The number of amides is 2. The molecule has 0 radical (unpaired) electrons. The summed E-state index contributed by atoms with van der Waals surface area (Å²) in [5, 5.41) is 24.7. The van der Waals surface area contributed by atoms with E-state index in [9.17, 15) is 19.8 Å². The molecule has 1 fully saturated rings. The normalized spacial score (nSPS) is 25.6. The van der Waals surface area contributed by atoms with Crippen molar-refractivity contribution in [3.63, 3.8) is 0 Å². The maximum absolute atomic E-state index is 12.8. The van der Waals surface area contributed by atoms with Crippen LogP contribution in [0.5, 0.6) is 0 Å². The molecule has 1 rings (SSSR count). The molecule has 0 aromatic heterocycles. The summed E-state index contributed by atoms with van der Waals surface area (Å²) >= 11 is 1.77. The minimum Gasteiger partial charge on any atom is -0.391 e. The number of carbonyl (C=O) groups excluding carboxylic acids is 2. The smallest absolute Gasteiger partial charge is 0.242 e. The Labute approximate surface area is 138 Å². The summed E-state index contributed by atoms with van der Waals surface area (Å²) in [5.74, 6) is -0.578. The number of nitrogens with one attached hydrogen (secondary N) is 2. The average Bonchev–Trinajstić information content (AvgIpc) is 2.74. The van der Waals surface area contributed by atoms with Crippen LogP contribution in [-0.4, -0.2) is 62.9 Å². The number of likely N-dealkylation sites (N-methyl/N-ethyl adjacent to an activating group) is 1. The highest BCUT2D eigenvalue weighted by Gasteiger charge is 2.43. The largest absolute Gasteiger partial charge is 0.391 e. The number of carbonyl (C=O) groups is 2. The van der Waals surface area contributed by atoms with E-state index in [4.69, 9.17) is 0 Å². The van der Waals surface area contributed by atoms with Crippen molar-refractivity contribution < 1.29 is 19.8 Å². The molecular formula is C13H24IN3O4. The second-order valence-corrected chi connectivity index (χ2v) is 7.49. The van der Waals surface area contributed by atoms with Crippen LogP contribution in [0.2, 0.25) is 0 Å². The van der Waals surface area contributed by atoms with Crippen LogP contribution in [0.3, 0.4) is 0 Å². The van der Waals surface area contributed by atoms with Crippen LogP contribution in [-0.2, 0) is 9.59 Å². The molecule has 0 aliphatic carbocycles. The van der Waals surface area contributed by atoms with Crippen molar-refractivity contribution in [2.75, 3.05) is 13.6 Å². The fraction of sp³-hybridized carbons (Fsp3) is 0.846. The molecule has 4 N–H and O–H groups in total. The molecule has 4 atom stereocenters. The molecule has 7 nitrogen and oxygen atoms in total. The molecule has 0 bridgehead atoms. The fourth-order valence-corrected chi connectivity index (χ4v) is 2.83. The Kier molecular flexibility index (Phi) is 6.38. The van der Waals surface area contributed by atoms with Gasteiger partial charge in [-0.25, -0.2) is 0 Å². The van der Waals surface area contributed by atoms with Gasteiger partial charge in [0.1, 0.15) is 6.04 Å². The first-order valence-corrected chi connectivity index (χ1v) is 8.10. The van der Waals surface area contributed by atoms with Crippen molar-refractivity contribution >= 4 is 34.4 Å². The van der Waals surface area contributed by atoms with Gasteiger partial charge in [-0.15, -0.1) is 0 Å². The standard InChI is InChI=1S/C13H24IN3O4/c1-13(2,3)9(16-12(14)21)11(20)17-6-7(18)5-8(17)10(19)15-4/h7-9,12,16,18,21H,5-6H2,1-4H3,(H,15,19)/t7-,8+,9-,12?/m1/s1. The maximum Gasteiger partial charge on any atom is 0.242 e. The second-order valence-electron chi connectivity index (χ2n) is 6.31. The quantitative estimate of drug-likeness (QED) is 0.214. The van der Waals surface area contributed by atoms with E-state index in [-0.39, 0.29) is 24.8 Å². The zero-order valence-corrected chi connectivity index (χ0v) is 14.9. The summed E-state index contributed by atoms with van der Waals surface area (Å²) in [5.41, 5.74) is -0.440. The summed E-state index contributed by atoms with van der Waals surface area (Å²) in [7, 11) is 1.50. The molecule has 122 valence electrons. The van der Waals surface area contributed by atoms with Crippen molar-refractivity contribution in [3.8, 4) is 0 Å². The molecule has 1 heterocycles. The lowest BCUT2D eigenvalue weighted by molar-refractivity contribution is -0.142. The molecule has 2 amide bonds. The van der Waals surface area contributed by atoms with Crippen LogP contribution >= 0.6 is 22.6 Å². The molecule has 21 heavy (non-hydrogen) atoms. The number of aliphatic hydroxyl groups excluding tert-OH is 2. The van der Waals surface area contributed by atoms with E-state index in [0.717, 1.165) is 0 Å². The van der Waals surface area contributed by atoms with E-state index in [1.807, 2.05) is 20.8 Å². The number of likely N-dealkylation sites (tertiary alicyclic amines) is 1. The molecular weight excluding hydrogens is 389 g/mol. The molecule has 1 aliphatic rings. The summed E-state index contributed by atoms with van der Waals surface area (Å²) in [6.45, 7) is 5.76. The van der Waals surface area contributed by atoms with Crippen LogP contribution in [0.15, 0.2) is 0 Å². The number of halogens is 1. The predicted octanol–water partition coefficient (Wildman–Crippen LogP) is -0.591. The minimum atomic E-state index is -0.873. The lowest BCUT2D eigenvalue weighted by atomic mass is 9.85. The molecule has 8 heteroatoms. The first kappa shape index (κ1) is 18.6. The van der Waals surface area contributed by atoms with E-state index < -0.39 is 27.8 Å². The molecule has 0 aromatic rings. The number of nitrogens with zero attached hydrogens (tertiary/aromatic N) is 1. The van der Waals surface area contributed by atoms with E-state index in [2.05, 4.69) is 10.6 Å². The molecule has 0 saturated carbocycles. The molecule has 1 unspecified atom stereocenters. The monoisotopic (exact) mass is 413 g/mol. The van der Waals surface area contributed by atoms with Crippen molar-refractivity contribution in [3.05, 3.63) is 0 Å². The van der Waals surface area contributed by atoms with Gasteiger partial charge >= 0.3 is 0 Å². The van der Waals surface area contributed by atoms with E-state index in [0.29, 0.717) is 0 Å². The third-order valence-corrected chi connectivity index (χ3v) is 3.89. The van der Waals surface area contributed by atoms with Crippen molar-refractivity contribution in [1.29, 1.82) is 0 Å². The maximum atomic E-state index is 12.8. The Morgan fingerprint density at radius 1 is 1.38 bits per heavy atom. The van der Waals surface area contributed by atoms with Gasteiger partial charge in [-0.3, -0.25) is 14.9 Å². The third-order valence-electron chi connectivity index (χ3n) is 3.53. The topological polar surface area (TPSA) is 102 Å². The Bertz CT molecular complexity index is 397. The summed E-state index contributed by atoms with van der Waals surface area (Å²) in [4.78, 5) is 26.0. The van der Waals surface area contributed by atoms with Gasteiger partial charge in [0.25, 0.3) is 0 Å². The summed E-state index contributed by atoms with van der Waals surface area (Å²) < 4.78 is -0.873. The summed E-state index contributed by atoms with van der Waals surface area (Å²) in [6.07, 6.45) is -0.476. The van der Waals surface area contributed by atoms with Crippen LogP contribution in [0.4, 0.5) is 0 Å². The van der Waals surface area contributed by atoms with Crippen LogP contribution in [0.25, 0.3) is 0 Å². The number of aliphatic hydroxyl groups is 2. The molecule has 0 spiro atoms. The van der Waals surface area contributed by atoms with Gasteiger partial charge < -0.3 is 20.4 Å². The fourth-order valence-electron chi connectivity index (χ4n) is 2.47. The Hall–Kier alpha value is -0.450. The zero-order chi connectivity index (χ0) is 16.4. The first-order valence-electron chi connectivity index (χ1n) is 6.86. The average molecular weight is 413 g/mol. The van der Waals surface area contributed by atoms with E-state index >= 15 is 0 Å². The highest BCUT2D eigenvalue weighted by Crippen LogP contribution is 2.26. The van der Waals surface area contributed by atoms with Gasteiger partial charge in [-0.1, -0.05) is 20.8 Å². The SMILES string of the molecule is CNC(=O)[C@@H]1C[C@@H](O)CN1C(=O)[C@@H](NC(O)I)C(C)(C)C. The van der Waals surface area contributed by atoms with Crippen LogP contribution in [0.1, 0.15) is 27.2 Å². The molecule has 1 saturated heterocycles. The second kappa shape index (κ2) is 7.21. The number of hydrogen-bond donors (Lipinski definition) is 4. The Morgan fingerprint density at radius 2 is 1.95 bits per heavy atom. The number of rotatable bonds is 4. The Balaban J connectivity index is 2.98. The zero-order valence-electron chi connectivity index (χ0n) is 12.8. The van der Waals surface area contributed by atoms with Gasteiger partial charge in [0, 0.05) is 20.0 Å². The predicted molar refractivity (Wildman–Crippen MR) is 86.6 cm³/mol. The number of alkyl halides is 1. The van der Waals surface area contributed by atoms with Gasteiger partial charge in [-0.05, 0) is 28.0 Å². The van der Waals surface area contributed by atoms with Crippen LogP contribution in [0, 0.1) is 5.41 Å². The number of hydrogen-bond acceptors (Lipinski definition) is 5. The van der Waals surface area contributed by atoms with Gasteiger partial charge in [0.2, 0.25) is 11.8 Å². The molecule has 0 aromatic carbocycles. The lowest BCUT2D eigenvalue weighted by Gasteiger charge is -2.35. The van der Waals surface area contributed by atoms with E-state index in [1.165, 1.54) is 11.9 Å². The third kappa shape index (κ3) is 4.76. The van der Waals surface area contributed by atoms with Gasteiger partial charge in [-0.2, -0.15) is 0 Å². The first-order chi connectivity index (χ1) is 9.57. The van der Waals surface area contributed by atoms with E-state index in [1.54, 1.807) is 22.6 Å². The van der Waals surface area contributed by atoms with Gasteiger partial charge in [0.15, 0.2) is 4.23 Å².